The Hall–Kier alpha value is -1.49. The molecule has 0 aliphatic carbocycles. The quantitative estimate of drug-likeness (QED) is 0.593. The molecule has 2 rings (SSSR count). The SMILES string of the molecule is Cc1c(Br)c([N+](=O)[O-])c(C)c2cnccc12. The van der Waals surface area contributed by atoms with E-state index >= 15 is 0 Å². The summed E-state index contributed by atoms with van der Waals surface area (Å²) in [5.74, 6) is 0. The highest BCUT2D eigenvalue weighted by Gasteiger charge is 2.21. The van der Waals surface area contributed by atoms with E-state index in [1.54, 1.807) is 19.3 Å². The third-order valence-electron chi connectivity index (χ3n) is 2.70. The number of hydrogen-bond acceptors (Lipinski definition) is 3. The summed E-state index contributed by atoms with van der Waals surface area (Å²) in [4.78, 5) is 14.6. The van der Waals surface area contributed by atoms with Crippen LogP contribution in [0, 0.1) is 24.0 Å². The summed E-state index contributed by atoms with van der Waals surface area (Å²) < 4.78 is 0.550. The Bertz CT molecular complexity index is 596. The zero-order valence-corrected chi connectivity index (χ0v) is 10.4. The van der Waals surface area contributed by atoms with Gasteiger partial charge in [0.05, 0.1) is 9.40 Å². The van der Waals surface area contributed by atoms with Gasteiger partial charge in [-0.2, -0.15) is 0 Å². The molecule has 82 valence electrons. The molecule has 0 fully saturated rings. The van der Waals surface area contributed by atoms with Crippen LogP contribution in [-0.4, -0.2) is 9.91 Å². The van der Waals surface area contributed by atoms with Crippen LogP contribution in [0.3, 0.4) is 0 Å². The predicted molar refractivity (Wildman–Crippen MR) is 65.6 cm³/mol. The van der Waals surface area contributed by atoms with Crippen molar-refractivity contribution in [1.29, 1.82) is 0 Å². The summed E-state index contributed by atoms with van der Waals surface area (Å²) in [6, 6.07) is 1.87. The molecule has 0 saturated carbocycles. The summed E-state index contributed by atoms with van der Waals surface area (Å²) >= 11 is 3.29. The minimum absolute atomic E-state index is 0.123. The minimum Gasteiger partial charge on any atom is -0.264 e. The first-order valence-corrected chi connectivity index (χ1v) is 5.50. The van der Waals surface area contributed by atoms with E-state index < -0.39 is 0 Å². The van der Waals surface area contributed by atoms with Gasteiger partial charge in [0.2, 0.25) is 0 Å². The maximum Gasteiger partial charge on any atom is 0.287 e. The molecule has 5 heteroatoms. The van der Waals surface area contributed by atoms with Gasteiger partial charge in [0.15, 0.2) is 0 Å². The number of aryl methyl sites for hydroxylation is 2. The smallest absolute Gasteiger partial charge is 0.264 e. The number of pyridine rings is 1. The van der Waals surface area contributed by atoms with Crippen LogP contribution < -0.4 is 0 Å². The second-order valence-electron chi connectivity index (χ2n) is 3.59. The van der Waals surface area contributed by atoms with Gasteiger partial charge in [0, 0.05) is 23.3 Å². The third-order valence-corrected chi connectivity index (χ3v) is 3.67. The zero-order chi connectivity index (χ0) is 11.9. The minimum atomic E-state index is -0.362. The van der Waals surface area contributed by atoms with Gasteiger partial charge in [-0.1, -0.05) is 0 Å². The van der Waals surface area contributed by atoms with Gasteiger partial charge in [-0.3, -0.25) is 15.1 Å². The molecule has 16 heavy (non-hydrogen) atoms. The first-order chi connectivity index (χ1) is 7.54. The zero-order valence-electron chi connectivity index (χ0n) is 8.82. The monoisotopic (exact) mass is 280 g/mol. The Balaban J connectivity index is 3.00. The number of nitro benzene ring substituents is 1. The summed E-state index contributed by atoms with van der Waals surface area (Å²) in [5.41, 5.74) is 1.64. The van der Waals surface area contributed by atoms with Gasteiger partial charge in [-0.15, -0.1) is 0 Å². The van der Waals surface area contributed by atoms with Crippen molar-refractivity contribution in [2.24, 2.45) is 0 Å². The van der Waals surface area contributed by atoms with Crippen LogP contribution in [0.25, 0.3) is 10.8 Å². The lowest BCUT2D eigenvalue weighted by atomic mass is 10.0. The fourth-order valence-corrected chi connectivity index (χ4v) is 2.48. The fourth-order valence-electron chi connectivity index (χ4n) is 1.83. The maximum absolute atomic E-state index is 11.0. The van der Waals surface area contributed by atoms with Gasteiger partial charge in [-0.25, -0.2) is 0 Å². The highest BCUT2D eigenvalue weighted by molar-refractivity contribution is 9.10. The Morgan fingerprint density at radius 2 is 2.00 bits per heavy atom. The average Bonchev–Trinajstić information content (AvgIpc) is 2.26. The lowest BCUT2D eigenvalue weighted by Crippen LogP contribution is -1.97. The van der Waals surface area contributed by atoms with Crippen molar-refractivity contribution < 1.29 is 4.92 Å². The standard InChI is InChI=1S/C11H9BrN2O2/c1-6-8-3-4-13-5-9(8)7(2)11(10(6)12)14(15)16/h3-5H,1-2H3. The molecule has 1 aromatic heterocycles. The largest absolute Gasteiger partial charge is 0.287 e. The molecule has 0 aliphatic heterocycles. The molecule has 0 atom stereocenters. The highest BCUT2D eigenvalue weighted by atomic mass is 79.9. The molecule has 0 bridgehead atoms. The molecule has 0 spiro atoms. The molecule has 0 saturated heterocycles. The topological polar surface area (TPSA) is 56.0 Å². The summed E-state index contributed by atoms with van der Waals surface area (Å²) in [5, 5.41) is 12.8. The van der Waals surface area contributed by atoms with Crippen LogP contribution in [0.4, 0.5) is 5.69 Å². The highest BCUT2D eigenvalue weighted by Crippen LogP contribution is 2.37. The number of rotatable bonds is 1. The van der Waals surface area contributed by atoms with E-state index in [0.29, 0.717) is 10.0 Å². The van der Waals surface area contributed by atoms with Crippen molar-refractivity contribution in [3.8, 4) is 0 Å². The number of halogens is 1. The van der Waals surface area contributed by atoms with Crippen molar-refractivity contribution >= 4 is 32.4 Å². The van der Waals surface area contributed by atoms with Crippen molar-refractivity contribution in [2.75, 3.05) is 0 Å². The summed E-state index contributed by atoms with van der Waals surface area (Å²) in [7, 11) is 0. The van der Waals surface area contributed by atoms with E-state index in [2.05, 4.69) is 20.9 Å². The second-order valence-corrected chi connectivity index (χ2v) is 4.38. The van der Waals surface area contributed by atoms with Crippen LogP contribution in [-0.2, 0) is 0 Å². The number of nitro groups is 1. The number of hydrogen-bond donors (Lipinski definition) is 0. The van der Waals surface area contributed by atoms with E-state index in [0.717, 1.165) is 16.3 Å². The normalized spacial score (nSPS) is 10.7. The molecule has 0 unspecified atom stereocenters. The van der Waals surface area contributed by atoms with E-state index in [4.69, 9.17) is 0 Å². The first-order valence-electron chi connectivity index (χ1n) is 4.70. The molecule has 1 heterocycles. The lowest BCUT2D eigenvalue weighted by Gasteiger charge is -2.08. The predicted octanol–water partition coefficient (Wildman–Crippen LogP) is 3.52. The molecular weight excluding hydrogens is 272 g/mol. The van der Waals surface area contributed by atoms with Crippen LogP contribution in [0.2, 0.25) is 0 Å². The molecule has 0 N–H and O–H groups in total. The van der Waals surface area contributed by atoms with E-state index in [1.807, 2.05) is 13.0 Å². The Morgan fingerprint density at radius 1 is 1.31 bits per heavy atom. The van der Waals surface area contributed by atoms with E-state index in [9.17, 15) is 10.1 Å². The van der Waals surface area contributed by atoms with Crippen molar-refractivity contribution in [2.45, 2.75) is 13.8 Å². The van der Waals surface area contributed by atoms with Gasteiger partial charge in [0.25, 0.3) is 5.69 Å². The molecule has 0 amide bonds. The molecule has 0 aliphatic rings. The Labute approximate surface area is 101 Å². The summed E-state index contributed by atoms with van der Waals surface area (Å²) in [6.45, 7) is 3.60. The molecule has 0 radical (unpaired) electrons. The lowest BCUT2D eigenvalue weighted by molar-refractivity contribution is -0.386. The molecule has 2 aromatic rings. The van der Waals surface area contributed by atoms with Crippen molar-refractivity contribution in [3.63, 3.8) is 0 Å². The van der Waals surface area contributed by atoms with E-state index in [-0.39, 0.29) is 10.6 Å². The van der Waals surface area contributed by atoms with Gasteiger partial charge >= 0.3 is 0 Å². The number of fused-ring (bicyclic) bond motifs is 1. The van der Waals surface area contributed by atoms with Crippen molar-refractivity contribution in [1.82, 2.24) is 4.98 Å². The summed E-state index contributed by atoms with van der Waals surface area (Å²) in [6.07, 6.45) is 3.35. The molecular formula is C11H9BrN2O2. The van der Waals surface area contributed by atoms with Crippen LogP contribution in [0.1, 0.15) is 11.1 Å². The average molecular weight is 281 g/mol. The van der Waals surface area contributed by atoms with Gasteiger partial charge < -0.3 is 0 Å². The second kappa shape index (κ2) is 3.83. The first kappa shape index (κ1) is 11.0. The van der Waals surface area contributed by atoms with Gasteiger partial charge in [0.1, 0.15) is 0 Å². The van der Waals surface area contributed by atoms with Crippen LogP contribution in [0.15, 0.2) is 22.9 Å². The Morgan fingerprint density at radius 3 is 2.62 bits per heavy atom. The Kier molecular flexibility index (Phi) is 2.63. The van der Waals surface area contributed by atoms with E-state index in [1.165, 1.54) is 0 Å². The van der Waals surface area contributed by atoms with Crippen LogP contribution in [0.5, 0.6) is 0 Å². The van der Waals surface area contributed by atoms with Crippen molar-refractivity contribution in [3.05, 3.63) is 44.2 Å². The van der Waals surface area contributed by atoms with Gasteiger partial charge in [-0.05, 0) is 46.8 Å². The number of aromatic nitrogens is 1. The maximum atomic E-state index is 11.0. The third kappa shape index (κ3) is 1.48. The molecule has 4 nitrogen and oxygen atoms in total. The fraction of sp³-hybridized carbons (Fsp3) is 0.182. The number of nitrogens with zero attached hydrogens (tertiary/aromatic N) is 2. The molecule has 1 aromatic carbocycles. The van der Waals surface area contributed by atoms with Crippen LogP contribution >= 0.6 is 15.9 Å². The number of benzene rings is 1.